The number of fused-ring (bicyclic) bond motifs is 1. The Morgan fingerprint density at radius 2 is 2.00 bits per heavy atom. The molecule has 1 aromatic rings. The molecular formula is C16H25NO. The van der Waals surface area contributed by atoms with E-state index in [1.54, 1.807) is 0 Å². The zero-order valence-electron chi connectivity index (χ0n) is 11.9. The number of rotatable bonds is 6. The minimum atomic E-state index is -0.151. The quantitative estimate of drug-likeness (QED) is 0.779. The van der Waals surface area contributed by atoms with Crippen LogP contribution in [0.25, 0.3) is 0 Å². The Bertz CT molecular complexity index is 398. The van der Waals surface area contributed by atoms with E-state index in [2.05, 4.69) is 44.3 Å². The lowest BCUT2D eigenvalue weighted by molar-refractivity contribution is 0.108. The number of hydrogen-bond acceptors (Lipinski definition) is 2. The van der Waals surface area contributed by atoms with Crippen LogP contribution in [0.3, 0.4) is 0 Å². The standard InChI is InChI=1S/C16H25NO/c1-4-10-17-12-16(2,3)18-15-9-8-13-6-5-7-14(13)11-15/h8-9,11,17H,4-7,10,12H2,1-3H3. The van der Waals surface area contributed by atoms with Gasteiger partial charge in [0, 0.05) is 6.54 Å². The molecule has 1 aromatic carbocycles. The van der Waals surface area contributed by atoms with E-state index in [1.807, 2.05) is 0 Å². The van der Waals surface area contributed by atoms with Crippen LogP contribution in [0.1, 0.15) is 44.7 Å². The molecule has 0 spiro atoms. The highest BCUT2D eigenvalue weighted by Gasteiger charge is 2.20. The van der Waals surface area contributed by atoms with Gasteiger partial charge >= 0.3 is 0 Å². The van der Waals surface area contributed by atoms with Crippen LogP contribution in [-0.2, 0) is 12.8 Å². The third-order valence-corrected chi connectivity index (χ3v) is 3.44. The smallest absolute Gasteiger partial charge is 0.120 e. The first kappa shape index (κ1) is 13.4. The Balaban J connectivity index is 1.95. The maximum Gasteiger partial charge on any atom is 0.120 e. The van der Waals surface area contributed by atoms with Gasteiger partial charge in [0.05, 0.1) is 0 Å². The Morgan fingerprint density at radius 1 is 1.22 bits per heavy atom. The van der Waals surface area contributed by atoms with Gasteiger partial charge in [0.15, 0.2) is 0 Å². The molecule has 1 N–H and O–H groups in total. The van der Waals surface area contributed by atoms with Crippen molar-refractivity contribution < 1.29 is 4.74 Å². The number of nitrogens with one attached hydrogen (secondary N) is 1. The number of aryl methyl sites for hydroxylation is 2. The molecule has 0 radical (unpaired) electrons. The van der Waals surface area contributed by atoms with Crippen LogP contribution in [0.5, 0.6) is 5.75 Å². The molecule has 2 rings (SSSR count). The predicted octanol–water partition coefficient (Wildman–Crippen LogP) is 3.33. The first-order valence-corrected chi connectivity index (χ1v) is 7.12. The summed E-state index contributed by atoms with van der Waals surface area (Å²) in [6.07, 6.45) is 4.90. The molecule has 0 atom stereocenters. The van der Waals surface area contributed by atoms with Crippen molar-refractivity contribution in [2.24, 2.45) is 0 Å². The molecule has 0 heterocycles. The molecule has 18 heavy (non-hydrogen) atoms. The molecule has 1 aliphatic carbocycles. The van der Waals surface area contributed by atoms with E-state index in [4.69, 9.17) is 4.74 Å². The molecular weight excluding hydrogens is 222 g/mol. The van der Waals surface area contributed by atoms with Crippen molar-refractivity contribution in [3.8, 4) is 5.75 Å². The number of ether oxygens (including phenoxy) is 1. The fourth-order valence-electron chi connectivity index (χ4n) is 2.53. The van der Waals surface area contributed by atoms with E-state index < -0.39 is 0 Å². The van der Waals surface area contributed by atoms with Gasteiger partial charge in [0.2, 0.25) is 0 Å². The van der Waals surface area contributed by atoms with Gasteiger partial charge in [0.25, 0.3) is 0 Å². The average Bonchev–Trinajstić information content (AvgIpc) is 2.75. The van der Waals surface area contributed by atoms with E-state index >= 15 is 0 Å². The van der Waals surface area contributed by atoms with E-state index in [1.165, 1.54) is 30.4 Å². The molecule has 0 bridgehead atoms. The second kappa shape index (κ2) is 5.75. The van der Waals surface area contributed by atoms with Crippen molar-refractivity contribution in [1.82, 2.24) is 5.32 Å². The van der Waals surface area contributed by atoms with Crippen LogP contribution in [-0.4, -0.2) is 18.7 Å². The zero-order valence-corrected chi connectivity index (χ0v) is 11.9. The Morgan fingerprint density at radius 3 is 2.78 bits per heavy atom. The topological polar surface area (TPSA) is 21.3 Å². The van der Waals surface area contributed by atoms with Gasteiger partial charge in [0.1, 0.15) is 11.4 Å². The lowest BCUT2D eigenvalue weighted by Gasteiger charge is -2.27. The molecule has 0 aromatic heterocycles. The van der Waals surface area contributed by atoms with Crippen LogP contribution < -0.4 is 10.1 Å². The van der Waals surface area contributed by atoms with Gasteiger partial charge in [-0.25, -0.2) is 0 Å². The minimum absolute atomic E-state index is 0.151. The molecule has 0 saturated heterocycles. The van der Waals surface area contributed by atoms with Gasteiger partial charge in [-0.3, -0.25) is 0 Å². The van der Waals surface area contributed by atoms with Crippen molar-refractivity contribution >= 4 is 0 Å². The summed E-state index contributed by atoms with van der Waals surface area (Å²) < 4.78 is 6.11. The molecule has 0 fully saturated rings. The summed E-state index contributed by atoms with van der Waals surface area (Å²) in [6.45, 7) is 8.40. The van der Waals surface area contributed by atoms with E-state index in [0.29, 0.717) is 0 Å². The highest BCUT2D eigenvalue weighted by atomic mass is 16.5. The second-order valence-electron chi connectivity index (χ2n) is 5.82. The monoisotopic (exact) mass is 247 g/mol. The van der Waals surface area contributed by atoms with Crippen LogP contribution in [0.15, 0.2) is 18.2 Å². The van der Waals surface area contributed by atoms with Crippen LogP contribution in [0.4, 0.5) is 0 Å². The molecule has 2 heteroatoms. The van der Waals surface area contributed by atoms with Gasteiger partial charge in [-0.15, -0.1) is 0 Å². The minimum Gasteiger partial charge on any atom is -0.487 e. The van der Waals surface area contributed by atoms with E-state index in [0.717, 1.165) is 25.3 Å². The SMILES string of the molecule is CCCNCC(C)(C)Oc1ccc2c(c1)CCC2. The fourth-order valence-corrected chi connectivity index (χ4v) is 2.53. The summed E-state index contributed by atoms with van der Waals surface area (Å²) in [5.41, 5.74) is 2.83. The lowest BCUT2D eigenvalue weighted by Crippen LogP contribution is -2.40. The summed E-state index contributed by atoms with van der Waals surface area (Å²) in [4.78, 5) is 0. The van der Waals surface area contributed by atoms with E-state index in [-0.39, 0.29) is 5.60 Å². The van der Waals surface area contributed by atoms with Gasteiger partial charge in [-0.05, 0) is 69.3 Å². The zero-order chi connectivity index (χ0) is 13.0. The Labute approximate surface area is 111 Å². The Kier molecular flexibility index (Phi) is 4.28. The summed E-state index contributed by atoms with van der Waals surface area (Å²) in [7, 11) is 0. The first-order chi connectivity index (χ1) is 8.61. The summed E-state index contributed by atoms with van der Waals surface area (Å²) in [5, 5.41) is 3.42. The van der Waals surface area contributed by atoms with Crippen LogP contribution >= 0.6 is 0 Å². The predicted molar refractivity (Wildman–Crippen MR) is 76.3 cm³/mol. The Hall–Kier alpha value is -1.02. The van der Waals surface area contributed by atoms with Crippen molar-refractivity contribution in [2.75, 3.05) is 13.1 Å². The van der Waals surface area contributed by atoms with Crippen molar-refractivity contribution in [2.45, 2.75) is 52.1 Å². The third-order valence-electron chi connectivity index (χ3n) is 3.44. The molecule has 2 nitrogen and oxygen atoms in total. The van der Waals surface area contributed by atoms with Gasteiger partial charge < -0.3 is 10.1 Å². The molecule has 100 valence electrons. The lowest BCUT2D eigenvalue weighted by atomic mass is 10.1. The molecule has 0 aliphatic heterocycles. The highest BCUT2D eigenvalue weighted by molar-refractivity contribution is 5.38. The third kappa shape index (κ3) is 3.49. The molecule has 1 aliphatic rings. The van der Waals surface area contributed by atoms with Crippen molar-refractivity contribution in [3.05, 3.63) is 29.3 Å². The number of benzene rings is 1. The van der Waals surface area contributed by atoms with E-state index in [9.17, 15) is 0 Å². The molecule has 0 saturated carbocycles. The first-order valence-electron chi connectivity index (χ1n) is 7.12. The average molecular weight is 247 g/mol. The van der Waals surface area contributed by atoms with Gasteiger partial charge in [-0.2, -0.15) is 0 Å². The van der Waals surface area contributed by atoms with Crippen molar-refractivity contribution in [1.29, 1.82) is 0 Å². The number of hydrogen-bond donors (Lipinski definition) is 1. The molecule has 0 amide bonds. The van der Waals surface area contributed by atoms with Crippen molar-refractivity contribution in [3.63, 3.8) is 0 Å². The largest absolute Gasteiger partial charge is 0.487 e. The fraction of sp³-hybridized carbons (Fsp3) is 0.625. The highest BCUT2D eigenvalue weighted by Crippen LogP contribution is 2.27. The summed E-state index contributed by atoms with van der Waals surface area (Å²) in [6, 6.07) is 6.57. The summed E-state index contributed by atoms with van der Waals surface area (Å²) in [5.74, 6) is 1.01. The normalized spacial score (nSPS) is 14.6. The molecule has 0 unspecified atom stereocenters. The van der Waals surface area contributed by atoms with Gasteiger partial charge in [-0.1, -0.05) is 13.0 Å². The second-order valence-corrected chi connectivity index (χ2v) is 5.82. The maximum absolute atomic E-state index is 6.11. The summed E-state index contributed by atoms with van der Waals surface area (Å²) >= 11 is 0. The van der Waals surface area contributed by atoms with Crippen LogP contribution in [0, 0.1) is 0 Å². The maximum atomic E-state index is 6.11. The van der Waals surface area contributed by atoms with Crippen LogP contribution in [0.2, 0.25) is 0 Å².